The Labute approximate surface area is 206 Å². The van der Waals surface area contributed by atoms with Gasteiger partial charge in [0.1, 0.15) is 17.5 Å². The Morgan fingerprint density at radius 3 is 2.44 bits per heavy atom. The van der Waals surface area contributed by atoms with Crippen LogP contribution in [-0.2, 0) is 4.79 Å². The van der Waals surface area contributed by atoms with Crippen LogP contribution in [0.4, 0.5) is 0 Å². The van der Waals surface area contributed by atoms with Gasteiger partial charge in [-0.25, -0.2) is 0 Å². The van der Waals surface area contributed by atoms with Gasteiger partial charge in [-0.05, 0) is 51.2 Å². The number of piperazine rings is 1. The first-order valence-corrected chi connectivity index (χ1v) is 12.4. The van der Waals surface area contributed by atoms with Crippen LogP contribution in [0.3, 0.4) is 0 Å². The number of aromatic nitrogens is 2. The predicted molar refractivity (Wildman–Crippen MR) is 131 cm³/mol. The zero-order valence-corrected chi connectivity index (χ0v) is 20.9. The number of hydrogen-bond donors (Lipinski definition) is 0. The highest BCUT2D eigenvalue weighted by molar-refractivity contribution is 6.30. The molecule has 2 saturated heterocycles. The summed E-state index contributed by atoms with van der Waals surface area (Å²) in [6.07, 6.45) is 2.52. The lowest BCUT2D eigenvalue weighted by atomic mass is 9.90. The fourth-order valence-electron chi connectivity index (χ4n) is 4.70. The fraction of sp³-hybridized carbons (Fsp3) is 0.560. The van der Waals surface area contributed by atoms with E-state index in [1.807, 2.05) is 35.8 Å². The summed E-state index contributed by atoms with van der Waals surface area (Å²) in [5.41, 5.74) is 0.580. The van der Waals surface area contributed by atoms with Crippen LogP contribution >= 0.6 is 11.6 Å². The number of hydrogen-bond acceptors (Lipinski definition) is 5. The zero-order chi connectivity index (χ0) is 24.2. The first kappa shape index (κ1) is 24.5. The predicted octanol–water partition coefficient (Wildman–Crippen LogP) is 3.19. The van der Waals surface area contributed by atoms with E-state index in [1.165, 1.54) is 0 Å². The summed E-state index contributed by atoms with van der Waals surface area (Å²) in [4.78, 5) is 32.6. The Balaban J connectivity index is 1.49. The Kier molecular flexibility index (Phi) is 7.78. The van der Waals surface area contributed by atoms with Crippen molar-refractivity contribution in [2.75, 3.05) is 46.3 Å². The number of benzene rings is 1. The minimum Gasteiger partial charge on any atom is -0.490 e. The van der Waals surface area contributed by atoms with Gasteiger partial charge in [-0.15, -0.1) is 0 Å². The van der Waals surface area contributed by atoms with E-state index < -0.39 is 0 Å². The number of rotatable bonds is 6. The van der Waals surface area contributed by atoms with Crippen molar-refractivity contribution in [1.29, 1.82) is 0 Å². The molecule has 2 aliphatic heterocycles. The number of likely N-dealkylation sites (N-methyl/N-ethyl adjacent to an activating group) is 1. The first-order valence-electron chi connectivity index (χ1n) is 12.0. The van der Waals surface area contributed by atoms with Crippen LogP contribution in [0.2, 0.25) is 5.02 Å². The third-order valence-corrected chi connectivity index (χ3v) is 6.98. The molecule has 9 heteroatoms. The third kappa shape index (κ3) is 5.73. The zero-order valence-electron chi connectivity index (χ0n) is 20.2. The standard InChI is InChI=1S/C25H34ClN5O3/c1-18(2)31-22(8-10-27-31)25(33)30-11-9-23(34-21-6-4-20(26)5-7-21)19(17-30)16-24(32)29-14-12-28(3)13-15-29/h4-8,10,18-19,23H,9,11-17H2,1-3H3/t19-,23-/m0/s1. The average molecular weight is 488 g/mol. The van der Waals surface area contributed by atoms with E-state index in [9.17, 15) is 9.59 Å². The SMILES string of the molecule is CC(C)n1nccc1C(=O)N1CC[C@H](Oc2ccc(Cl)cc2)[C@@H](CC(=O)N2CCN(C)CC2)C1. The molecule has 1 aromatic carbocycles. The lowest BCUT2D eigenvalue weighted by Crippen LogP contribution is -2.51. The molecule has 0 unspecified atom stereocenters. The van der Waals surface area contributed by atoms with Gasteiger partial charge in [-0.1, -0.05) is 11.6 Å². The van der Waals surface area contributed by atoms with E-state index in [2.05, 4.69) is 17.0 Å². The van der Waals surface area contributed by atoms with E-state index in [1.54, 1.807) is 29.1 Å². The third-order valence-electron chi connectivity index (χ3n) is 6.72. The Morgan fingerprint density at radius 1 is 1.06 bits per heavy atom. The molecule has 8 nitrogen and oxygen atoms in total. The summed E-state index contributed by atoms with van der Waals surface area (Å²) in [5, 5.41) is 4.96. The van der Waals surface area contributed by atoms with Gasteiger partial charge in [0.25, 0.3) is 5.91 Å². The average Bonchev–Trinajstić information content (AvgIpc) is 3.32. The number of amides is 2. The number of piperidine rings is 1. The van der Waals surface area contributed by atoms with Crippen LogP contribution in [0, 0.1) is 5.92 Å². The molecule has 0 saturated carbocycles. The molecule has 2 aromatic rings. The van der Waals surface area contributed by atoms with Crippen molar-refractivity contribution in [3.63, 3.8) is 0 Å². The minimum atomic E-state index is -0.156. The van der Waals surface area contributed by atoms with Crippen LogP contribution in [0.25, 0.3) is 0 Å². The van der Waals surface area contributed by atoms with E-state index >= 15 is 0 Å². The number of halogens is 1. The van der Waals surface area contributed by atoms with Crippen molar-refractivity contribution in [2.45, 2.75) is 38.8 Å². The van der Waals surface area contributed by atoms with Crippen molar-refractivity contribution >= 4 is 23.4 Å². The van der Waals surface area contributed by atoms with Crippen LogP contribution < -0.4 is 4.74 Å². The molecule has 2 aliphatic rings. The molecule has 4 rings (SSSR count). The van der Waals surface area contributed by atoms with Gasteiger partial charge >= 0.3 is 0 Å². The number of nitrogens with zero attached hydrogens (tertiary/aromatic N) is 5. The summed E-state index contributed by atoms with van der Waals surface area (Å²) < 4.78 is 8.07. The van der Waals surface area contributed by atoms with Gasteiger partial charge in [0.2, 0.25) is 5.91 Å². The van der Waals surface area contributed by atoms with Crippen LogP contribution in [0.15, 0.2) is 36.5 Å². The highest BCUT2D eigenvalue weighted by atomic mass is 35.5. The van der Waals surface area contributed by atoms with Gasteiger partial charge in [-0.3, -0.25) is 14.3 Å². The molecular weight excluding hydrogens is 454 g/mol. The first-order chi connectivity index (χ1) is 16.3. The van der Waals surface area contributed by atoms with E-state index in [-0.39, 0.29) is 29.9 Å². The minimum absolute atomic E-state index is 0.0480. The highest BCUT2D eigenvalue weighted by Crippen LogP contribution is 2.28. The molecule has 0 spiro atoms. The maximum absolute atomic E-state index is 13.4. The molecule has 0 bridgehead atoms. The molecule has 34 heavy (non-hydrogen) atoms. The molecule has 0 aliphatic carbocycles. The second kappa shape index (κ2) is 10.8. The largest absolute Gasteiger partial charge is 0.490 e. The Hall–Kier alpha value is -2.58. The van der Waals surface area contributed by atoms with Crippen molar-refractivity contribution in [2.24, 2.45) is 5.92 Å². The van der Waals surface area contributed by atoms with Gasteiger partial charge in [0.05, 0.1) is 0 Å². The monoisotopic (exact) mass is 487 g/mol. The van der Waals surface area contributed by atoms with Gasteiger partial charge in [-0.2, -0.15) is 5.10 Å². The molecule has 0 radical (unpaired) electrons. The maximum Gasteiger partial charge on any atom is 0.272 e. The van der Waals surface area contributed by atoms with E-state index in [0.717, 1.165) is 31.9 Å². The smallest absolute Gasteiger partial charge is 0.272 e. The van der Waals surface area contributed by atoms with Gasteiger partial charge in [0.15, 0.2) is 0 Å². The van der Waals surface area contributed by atoms with Crippen molar-refractivity contribution in [3.05, 3.63) is 47.2 Å². The van der Waals surface area contributed by atoms with Crippen LogP contribution in [0.1, 0.15) is 43.2 Å². The van der Waals surface area contributed by atoms with Gasteiger partial charge < -0.3 is 19.4 Å². The number of likely N-dealkylation sites (tertiary alicyclic amines) is 1. The Bertz CT molecular complexity index is 985. The van der Waals surface area contributed by atoms with Crippen LogP contribution in [0.5, 0.6) is 5.75 Å². The molecule has 1 aromatic heterocycles. The topological polar surface area (TPSA) is 70.9 Å². The quantitative estimate of drug-likeness (QED) is 0.625. The maximum atomic E-state index is 13.4. The van der Waals surface area contributed by atoms with Crippen molar-refractivity contribution < 1.29 is 14.3 Å². The van der Waals surface area contributed by atoms with E-state index in [4.69, 9.17) is 16.3 Å². The molecular formula is C25H34ClN5O3. The normalized spacial score (nSPS) is 21.7. The van der Waals surface area contributed by atoms with Crippen LogP contribution in [-0.4, -0.2) is 88.7 Å². The number of carbonyl (C=O) groups excluding carboxylic acids is 2. The summed E-state index contributed by atoms with van der Waals surface area (Å²) in [5.74, 6) is 0.706. The number of carbonyl (C=O) groups is 2. The van der Waals surface area contributed by atoms with Crippen molar-refractivity contribution in [3.8, 4) is 5.75 Å². The van der Waals surface area contributed by atoms with Crippen molar-refractivity contribution in [1.82, 2.24) is 24.5 Å². The summed E-state index contributed by atoms with van der Waals surface area (Å²) in [6.45, 7) is 8.29. The second-order valence-corrected chi connectivity index (χ2v) is 9.99. The van der Waals surface area contributed by atoms with E-state index in [0.29, 0.717) is 36.6 Å². The lowest BCUT2D eigenvalue weighted by molar-refractivity contribution is -0.135. The summed E-state index contributed by atoms with van der Waals surface area (Å²) in [6, 6.07) is 9.15. The summed E-state index contributed by atoms with van der Waals surface area (Å²) in [7, 11) is 2.07. The second-order valence-electron chi connectivity index (χ2n) is 9.55. The number of ether oxygens (including phenoxy) is 1. The molecule has 2 fully saturated rings. The molecule has 2 atom stereocenters. The molecule has 0 N–H and O–H groups in total. The molecule has 2 amide bonds. The molecule has 3 heterocycles. The molecule has 184 valence electrons. The highest BCUT2D eigenvalue weighted by Gasteiger charge is 2.36. The summed E-state index contributed by atoms with van der Waals surface area (Å²) >= 11 is 6.03. The lowest BCUT2D eigenvalue weighted by Gasteiger charge is -2.40. The fourth-order valence-corrected chi connectivity index (χ4v) is 4.83. The Morgan fingerprint density at radius 2 is 1.76 bits per heavy atom. The van der Waals surface area contributed by atoms with Gasteiger partial charge in [0, 0.05) is 75.3 Å².